The molecule has 113 heavy (non-hydrogen) atoms. The van der Waals surface area contributed by atoms with E-state index in [9.17, 15) is 0 Å². The first-order chi connectivity index (χ1) is 55.4. The van der Waals surface area contributed by atoms with Crippen LogP contribution in [0.5, 0.6) is 0 Å². The van der Waals surface area contributed by atoms with Crippen molar-refractivity contribution in [3.63, 3.8) is 0 Å². The van der Waals surface area contributed by atoms with Crippen molar-refractivity contribution in [3.8, 4) is 67.5 Å². The molecule has 0 atom stereocenters. The molecule has 0 N–H and O–H groups in total. The van der Waals surface area contributed by atoms with Gasteiger partial charge in [-0.2, -0.15) is 0 Å². The maximum Gasteiger partial charge on any atom is 0.0701 e. The third kappa shape index (κ3) is 12.1. The Morgan fingerprint density at radius 3 is 1.20 bits per heavy atom. The molecule has 0 saturated heterocycles. The number of halogens is 1. The Balaban J connectivity index is 0.000000122. The molecule has 0 aliphatic heterocycles. The number of fused-ring (bicyclic) bond motifs is 14. The lowest BCUT2D eigenvalue weighted by atomic mass is 9.81. The lowest BCUT2D eigenvalue weighted by Crippen LogP contribution is -2.16. The Morgan fingerprint density at radius 2 is 0.690 bits per heavy atom. The van der Waals surface area contributed by atoms with E-state index in [2.05, 4.69) is 429 Å². The molecule has 8 heteroatoms. The van der Waals surface area contributed by atoms with Crippen LogP contribution in [0.3, 0.4) is 0 Å². The lowest BCUT2D eigenvalue weighted by Gasteiger charge is -2.28. The van der Waals surface area contributed by atoms with Crippen molar-refractivity contribution < 1.29 is 0 Å². The van der Waals surface area contributed by atoms with Crippen molar-refractivity contribution in [1.82, 2.24) is 28.2 Å². The maximum atomic E-state index is 4.63. The second-order valence-electron chi connectivity index (χ2n) is 30.7. The zero-order valence-corrected chi connectivity index (χ0v) is 64.8. The molecular formula is C105H78BrN7. The summed E-state index contributed by atoms with van der Waals surface area (Å²) < 4.78 is 10.4. The average Bonchev–Trinajstić information content (AvgIpc) is 1.59. The number of hydrogen-bond donors (Lipinski definition) is 0. The van der Waals surface area contributed by atoms with Gasteiger partial charge in [0.1, 0.15) is 0 Å². The van der Waals surface area contributed by atoms with Crippen LogP contribution in [0, 0.1) is 0 Å². The summed E-state index contributed by atoms with van der Waals surface area (Å²) >= 11 is 3.66. The molecule has 0 saturated carbocycles. The smallest absolute Gasteiger partial charge is 0.0701 e. The van der Waals surface area contributed by atoms with Crippen molar-refractivity contribution >= 4 is 98.4 Å². The molecule has 6 heterocycles. The number of anilines is 3. The Morgan fingerprint density at radius 1 is 0.292 bits per heavy atom. The van der Waals surface area contributed by atoms with Gasteiger partial charge < -0.3 is 23.2 Å². The number of benzene rings is 14. The van der Waals surface area contributed by atoms with Gasteiger partial charge in [0, 0.05) is 123 Å². The van der Waals surface area contributed by atoms with E-state index >= 15 is 0 Å². The first kappa shape index (κ1) is 68.6. The van der Waals surface area contributed by atoms with E-state index in [1.165, 1.54) is 132 Å². The third-order valence-electron chi connectivity index (χ3n) is 23.3. The van der Waals surface area contributed by atoms with E-state index in [0.29, 0.717) is 0 Å². The van der Waals surface area contributed by atoms with Crippen LogP contribution in [0.2, 0.25) is 0 Å². The lowest BCUT2D eigenvalue weighted by molar-refractivity contribution is 0.659. The number of aromatic nitrogens is 6. The van der Waals surface area contributed by atoms with Gasteiger partial charge in [0.2, 0.25) is 0 Å². The summed E-state index contributed by atoms with van der Waals surface area (Å²) in [5, 5.41) is 7.37. The topological polar surface area (TPSA) is 48.7 Å². The highest BCUT2D eigenvalue weighted by molar-refractivity contribution is 9.10. The highest BCUT2D eigenvalue weighted by atomic mass is 79.9. The normalized spacial score (nSPS) is 12.8. The predicted octanol–water partition coefficient (Wildman–Crippen LogP) is 27.7. The third-order valence-corrected chi connectivity index (χ3v) is 23.8. The largest absolute Gasteiger partial charge is 0.317 e. The molecule has 2 aliphatic rings. The minimum Gasteiger partial charge on any atom is -0.317 e. The van der Waals surface area contributed by atoms with Gasteiger partial charge in [0.05, 0.1) is 44.5 Å². The molecule has 0 radical (unpaired) electrons. The van der Waals surface area contributed by atoms with Gasteiger partial charge in [-0.05, 0) is 232 Å². The molecule has 0 unspecified atom stereocenters. The van der Waals surface area contributed by atoms with Gasteiger partial charge in [0.15, 0.2) is 0 Å². The Hall–Kier alpha value is -13.7. The molecular weight excluding hydrogens is 1440 g/mol. The zero-order valence-electron chi connectivity index (χ0n) is 63.2. The van der Waals surface area contributed by atoms with Gasteiger partial charge >= 0.3 is 0 Å². The molecule has 0 fully saturated rings. The summed E-state index contributed by atoms with van der Waals surface area (Å²) in [5.41, 5.74) is 33.0. The van der Waals surface area contributed by atoms with E-state index in [0.717, 1.165) is 61.8 Å². The molecule has 0 bridgehead atoms. The van der Waals surface area contributed by atoms with E-state index in [1.54, 1.807) is 0 Å². The fourth-order valence-corrected chi connectivity index (χ4v) is 18.1. The molecule has 14 aromatic carbocycles. The number of nitrogens with zero attached hydrogens (tertiary/aromatic N) is 7. The summed E-state index contributed by atoms with van der Waals surface area (Å²) in [6.07, 6.45) is 8.98. The summed E-state index contributed by atoms with van der Waals surface area (Å²) in [6.45, 7) is 9.38. The van der Waals surface area contributed by atoms with Gasteiger partial charge in [-0.25, -0.2) is 0 Å². The average molecular weight is 1520 g/mol. The Bertz CT molecular complexity index is 6980. The number of pyridine rings is 2. The van der Waals surface area contributed by atoms with Crippen molar-refractivity contribution in [2.24, 2.45) is 0 Å². The van der Waals surface area contributed by atoms with Gasteiger partial charge in [0.25, 0.3) is 0 Å². The molecule has 7 nitrogen and oxygen atoms in total. The number of hydrogen-bond acceptors (Lipinski definition) is 3. The molecule has 0 spiro atoms. The van der Waals surface area contributed by atoms with Crippen LogP contribution in [0.1, 0.15) is 61.1 Å². The standard InChI is InChI=1S/C52H38N4.C27H23N.C26H17BrN2/c1-52(2)46-18-10-9-17-42(46)43-26-24-41(33-47(43)52)55(39-22-20-35(21-23-39)48-19-11-12-29-53-48)40-25-27-49-44(32-40)45-34-50-36(28-30-54(50)37-13-5-3-6-14-37)31-51(45)56(49)38-15-7-4-8-16-38;1-27(2)24-8-4-3-7-22(24)23-15-12-20(18-25(23)27)17-19-10-13-21(14-11-19)26-9-5-6-16-28-26;27-19-11-12-24-22(16-19)23-17-25-18(13-14-28(25)20-7-3-1-4-8-20)15-26(23)29(24)21-9-5-2-6-10-21/h3-34H,1-2H3;3-16,18H,17H2,1-2H3;1-17H. The van der Waals surface area contributed by atoms with Gasteiger partial charge in [-0.15, -0.1) is 0 Å². The zero-order chi connectivity index (χ0) is 75.9. The van der Waals surface area contributed by atoms with Crippen LogP contribution >= 0.6 is 15.9 Å². The molecule has 540 valence electrons. The first-order valence-electron chi connectivity index (χ1n) is 38.8. The second kappa shape index (κ2) is 28.0. The molecule has 20 aromatic rings. The van der Waals surface area contributed by atoms with Crippen molar-refractivity contribution in [2.75, 3.05) is 4.90 Å². The van der Waals surface area contributed by atoms with E-state index in [4.69, 9.17) is 0 Å². The number of para-hydroxylation sites is 4. The first-order valence-corrected chi connectivity index (χ1v) is 39.6. The van der Waals surface area contributed by atoms with E-state index in [1.807, 2.05) is 36.7 Å². The summed E-state index contributed by atoms with van der Waals surface area (Å²) in [5.74, 6) is 0. The summed E-state index contributed by atoms with van der Waals surface area (Å²) in [7, 11) is 0. The summed E-state index contributed by atoms with van der Waals surface area (Å²) in [4.78, 5) is 11.5. The van der Waals surface area contributed by atoms with Crippen LogP contribution in [0.15, 0.2) is 393 Å². The minimum atomic E-state index is -0.122. The van der Waals surface area contributed by atoms with E-state index < -0.39 is 0 Å². The fourth-order valence-electron chi connectivity index (χ4n) is 17.7. The summed E-state index contributed by atoms with van der Waals surface area (Å²) in [6, 6.07) is 131. The number of rotatable bonds is 11. The van der Waals surface area contributed by atoms with Crippen LogP contribution in [-0.2, 0) is 17.3 Å². The predicted molar refractivity (Wildman–Crippen MR) is 475 cm³/mol. The second-order valence-corrected chi connectivity index (χ2v) is 31.7. The SMILES string of the molecule is Brc1ccc2c(c1)c1cc3c(ccn3-c3ccccc3)cc1n2-c1ccccc1.CC1(C)c2ccccc2-c2ccc(Cc3ccc(-c4ccccn4)cc3)cc21.CC1(C)c2ccccc2-c2ccc(N(c3ccc(-c4ccccn4)cc3)c3ccc4c(c3)c3cc5c(ccn5-c5ccccc5)cc3n4-c3ccccc3)cc21. The quantitative estimate of drug-likeness (QED) is 0.130. The monoisotopic (exact) mass is 1520 g/mol. The maximum absolute atomic E-state index is 4.63. The highest BCUT2D eigenvalue weighted by Gasteiger charge is 2.37. The molecule has 22 rings (SSSR count). The van der Waals surface area contributed by atoms with Crippen molar-refractivity contribution in [1.29, 1.82) is 0 Å². The van der Waals surface area contributed by atoms with E-state index in [-0.39, 0.29) is 10.8 Å². The Kier molecular flexibility index (Phi) is 17.0. The fraction of sp³-hybridized carbons (Fsp3) is 0.0667. The Labute approximate surface area is 666 Å². The van der Waals surface area contributed by atoms with Gasteiger partial charge in [-0.1, -0.05) is 238 Å². The molecule has 0 amide bonds. The van der Waals surface area contributed by atoms with Crippen LogP contribution < -0.4 is 4.90 Å². The molecule has 2 aliphatic carbocycles. The minimum absolute atomic E-state index is 0.0603. The van der Waals surface area contributed by atoms with Crippen molar-refractivity contribution in [2.45, 2.75) is 44.9 Å². The van der Waals surface area contributed by atoms with Gasteiger partial charge in [-0.3, -0.25) is 9.97 Å². The van der Waals surface area contributed by atoms with Crippen molar-refractivity contribution in [3.05, 3.63) is 427 Å². The van der Waals surface area contributed by atoms with Crippen LogP contribution in [-0.4, -0.2) is 28.2 Å². The highest BCUT2D eigenvalue weighted by Crippen LogP contribution is 2.53. The van der Waals surface area contributed by atoms with Crippen LogP contribution in [0.25, 0.3) is 133 Å². The van der Waals surface area contributed by atoms with Crippen LogP contribution in [0.4, 0.5) is 17.1 Å². The molecule has 6 aromatic heterocycles.